The summed E-state index contributed by atoms with van der Waals surface area (Å²) in [5.74, 6) is 3.22. The summed E-state index contributed by atoms with van der Waals surface area (Å²) in [4.78, 5) is 9.24. The Hall–Kier alpha value is -3.71. The molecule has 2 aromatic carbocycles. The molecule has 1 N–H and O–H groups in total. The van der Waals surface area contributed by atoms with Crippen LogP contribution in [-0.4, -0.2) is 63.9 Å². The van der Waals surface area contributed by atoms with Gasteiger partial charge in [0.2, 0.25) is 0 Å². The van der Waals surface area contributed by atoms with Gasteiger partial charge < -0.3 is 29.3 Å². The molecule has 0 saturated heterocycles. The number of nitrogens with one attached hydrogen (secondary N) is 1. The lowest BCUT2D eigenvalue weighted by Crippen LogP contribution is -2.27. The average molecular weight is 489 g/mol. The molecule has 1 aliphatic heterocycles. The lowest BCUT2D eigenvalue weighted by molar-refractivity contribution is 0.223. The van der Waals surface area contributed by atoms with Crippen molar-refractivity contribution in [3.63, 3.8) is 0 Å². The smallest absolute Gasteiger partial charge is 0.132 e. The summed E-state index contributed by atoms with van der Waals surface area (Å²) in [6, 6.07) is 16.1. The molecule has 0 saturated carbocycles. The van der Waals surface area contributed by atoms with Crippen molar-refractivity contribution < 1.29 is 14.2 Å². The molecule has 0 unspecified atom stereocenters. The Bertz CT molecular complexity index is 1170. The van der Waals surface area contributed by atoms with Gasteiger partial charge in [0.15, 0.2) is 0 Å². The van der Waals surface area contributed by atoms with Crippen LogP contribution >= 0.6 is 0 Å². The van der Waals surface area contributed by atoms with E-state index >= 15 is 0 Å². The highest BCUT2D eigenvalue weighted by Crippen LogP contribution is 2.35. The predicted molar refractivity (Wildman–Crippen MR) is 148 cm³/mol. The standard InChI is InChI=1S/C29H36N4O3/c1-6-33(7-2)12-13-36-25-10-8-24(9-11-25)31-29-18-28-22(19-30-29)14-23(20-32(28)3)21-15-26(34-4)17-27(16-21)35-5/h8-11,14-19H,6-7,12-13,20H2,1-5H3,(H,30,31). The van der Waals surface area contributed by atoms with E-state index < -0.39 is 0 Å². The topological polar surface area (TPSA) is 59.1 Å². The summed E-state index contributed by atoms with van der Waals surface area (Å²) < 4.78 is 16.8. The van der Waals surface area contributed by atoms with Crippen LogP contribution in [0.2, 0.25) is 0 Å². The van der Waals surface area contributed by atoms with Gasteiger partial charge in [0.25, 0.3) is 0 Å². The van der Waals surface area contributed by atoms with Crippen molar-refractivity contribution in [2.75, 3.05) is 64.3 Å². The van der Waals surface area contributed by atoms with E-state index in [-0.39, 0.29) is 0 Å². The van der Waals surface area contributed by atoms with Gasteiger partial charge in [-0.3, -0.25) is 0 Å². The third-order valence-corrected chi connectivity index (χ3v) is 6.48. The summed E-state index contributed by atoms with van der Waals surface area (Å²) in [5, 5.41) is 3.41. The largest absolute Gasteiger partial charge is 0.497 e. The van der Waals surface area contributed by atoms with E-state index in [1.54, 1.807) is 14.2 Å². The van der Waals surface area contributed by atoms with Gasteiger partial charge in [-0.25, -0.2) is 4.98 Å². The number of anilines is 3. The highest BCUT2D eigenvalue weighted by Gasteiger charge is 2.18. The Morgan fingerprint density at radius 2 is 1.64 bits per heavy atom. The molecule has 0 radical (unpaired) electrons. The Morgan fingerprint density at radius 1 is 0.944 bits per heavy atom. The van der Waals surface area contributed by atoms with Gasteiger partial charge in [0.1, 0.15) is 29.7 Å². The molecule has 0 fully saturated rings. The first-order chi connectivity index (χ1) is 17.5. The van der Waals surface area contributed by atoms with Crippen LogP contribution in [0.3, 0.4) is 0 Å². The molecule has 36 heavy (non-hydrogen) atoms. The van der Waals surface area contributed by atoms with Crippen molar-refractivity contribution in [3.05, 3.63) is 65.9 Å². The van der Waals surface area contributed by atoms with E-state index in [4.69, 9.17) is 14.2 Å². The molecule has 0 atom stereocenters. The highest BCUT2D eigenvalue weighted by molar-refractivity contribution is 5.92. The van der Waals surface area contributed by atoms with Gasteiger partial charge in [-0.2, -0.15) is 0 Å². The first-order valence-corrected chi connectivity index (χ1v) is 12.4. The zero-order valence-electron chi connectivity index (χ0n) is 21.9. The summed E-state index contributed by atoms with van der Waals surface area (Å²) in [6.45, 7) is 8.81. The molecule has 0 aliphatic carbocycles. The summed E-state index contributed by atoms with van der Waals surface area (Å²) >= 11 is 0. The average Bonchev–Trinajstić information content (AvgIpc) is 2.92. The van der Waals surface area contributed by atoms with Crippen LogP contribution in [0.25, 0.3) is 11.6 Å². The molecular weight excluding hydrogens is 452 g/mol. The number of fused-ring (bicyclic) bond motifs is 1. The molecule has 2 heterocycles. The van der Waals surface area contributed by atoms with E-state index in [0.717, 1.165) is 71.7 Å². The lowest BCUT2D eigenvalue weighted by atomic mass is 9.98. The van der Waals surface area contributed by atoms with Crippen molar-refractivity contribution in [2.45, 2.75) is 13.8 Å². The molecule has 0 bridgehead atoms. The van der Waals surface area contributed by atoms with Crippen LogP contribution in [0.4, 0.5) is 17.2 Å². The lowest BCUT2D eigenvalue weighted by Gasteiger charge is -2.28. The van der Waals surface area contributed by atoms with Crippen molar-refractivity contribution in [3.8, 4) is 17.2 Å². The maximum atomic E-state index is 5.90. The van der Waals surface area contributed by atoms with Crippen LogP contribution in [0.1, 0.15) is 25.0 Å². The summed E-state index contributed by atoms with van der Waals surface area (Å²) in [6.07, 6.45) is 4.10. The summed E-state index contributed by atoms with van der Waals surface area (Å²) in [5.41, 5.74) is 5.42. The van der Waals surface area contributed by atoms with E-state index in [2.05, 4.69) is 53.1 Å². The SMILES string of the molecule is CCN(CC)CCOc1ccc(Nc2cc3c(cn2)C=C(c2cc(OC)cc(OC)c2)CN3C)cc1. The monoisotopic (exact) mass is 488 g/mol. The molecule has 3 aromatic rings. The zero-order chi connectivity index (χ0) is 25.5. The van der Waals surface area contributed by atoms with Crippen molar-refractivity contribution >= 4 is 28.8 Å². The number of methoxy groups -OCH3 is 2. The third-order valence-electron chi connectivity index (χ3n) is 6.48. The second-order valence-electron chi connectivity index (χ2n) is 8.78. The van der Waals surface area contributed by atoms with E-state index in [1.165, 1.54) is 5.57 Å². The first-order valence-electron chi connectivity index (χ1n) is 12.4. The number of likely N-dealkylation sites (N-methyl/N-ethyl adjacent to an activating group) is 2. The Kier molecular flexibility index (Phi) is 8.33. The molecule has 7 heteroatoms. The maximum Gasteiger partial charge on any atom is 0.132 e. The predicted octanol–water partition coefficient (Wildman–Crippen LogP) is 5.55. The quantitative estimate of drug-likeness (QED) is 0.380. The highest BCUT2D eigenvalue weighted by atomic mass is 16.5. The van der Waals surface area contributed by atoms with E-state index in [0.29, 0.717) is 6.61 Å². The molecule has 1 aromatic heterocycles. The number of benzene rings is 2. The van der Waals surface area contributed by atoms with Crippen molar-refractivity contribution in [2.24, 2.45) is 0 Å². The summed E-state index contributed by atoms with van der Waals surface area (Å²) in [7, 11) is 5.43. The van der Waals surface area contributed by atoms with Gasteiger partial charge >= 0.3 is 0 Å². The van der Waals surface area contributed by atoms with Crippen LogP contribution in [0, 0.1) is 0 Å². The minimum absolute atomic E-state index is 0.686. The Labute approximate surface area is 214 Å². The zero-order valence-corrected chi connectivity index (χ0v) is 21.9. The van der Waals surface area contributed by atoms with Gasteiger partial charge in [0, 0.05) is 55.4 Å². The molecule has 1 aliphatic rings. The second-order valence-corrected chi connectivity index (χ2v) is 8.78. The van der Waals surface area contributed by atoms with Crippen molar-refractivity contribution in [1.82, 2.24) is 9.88 Å². The van der Waals surface area contributed by atoms with Crippen LogP contribution in [0.5, 0.6) is 17.2 Å². The number of rotatable bonds is 11. The molecule has 0 spiro atoms. The van der Waals surface area contributed by atoms with Gasteiger partial charge in [-0.05, 0) is 66.7 Å². The number of aromatic nitrogens is 1. The Balaban J connectivity index is 1.45. The number of pyridine rings is 1. The van der Waals surface area contributed by atoms with Gasteiger partial charge in [-0.15, -0.1) is 0 Å². The van der Waals surface area contributed by atoms with Gasteiger partial charge in [0.05, 0.1) is 14.2 Å². The molecule has 0 amide bonds. The minimum atomic E-state index is 0.686. The minimum Gasteiger partial charge on any atom is -0.497 e. The van der Waals surface area contributed by atoms with Crippen LogP contribution in [-0.2, 0) is 0 Å². The van der Waals surface area contributed by atoms with Crippen LogP contribution < -0.4 is 24.4 Å². The number of hydrogen-bond acceptors (Lipinski definition) is 7. The third kappa shape index (κ3) is 6.10. The van der Waals surface area contributed by atoms with E-state index in [9.17, 15) is 0 Å². The second kappa shape index (κ2) is 11.8. The van der Waals surface area contributed by atoms with Gasteiger partial charge in [-0.1, -0.05) is 13.8 Å². The Morgan fingerprint density at radius 3 is 2.28 bits per heavy atom. The van der Waals surface area contributed by atoms with Crippen LogP contribution in [0.15, 0.2) is 54.7 Å². The molecule has 190 valence electrons. The number of hydrogen-bond donors (Lipinski definition) is 1. The maximum absolute atomic E-state index is 5.90. The fourth-order valence-corrected chi connectivity index (χ4v) is 4.32. The molecular formula is C29H36N4O3. The first kappa shape index (κ1) is 25.4. The van der Waals surface area contributed by atoms with Crippen molar-refractivity contribution in [1.29, 1.82) is 0 Å². The number of nitrogens with zero attached hydrogens (tertiary/aromatic N) is 3. The number of ether oxygens (including phenoxy) is 3. The molecule has 4 rings (SSSR count). The van der Waals surface area contributed by atoms with E-state index in [1.807, 2.05) is 48.7 Å². The molecule has 7 nitrogen and oxygen atoms in total. The fraction of sp³-hybridized carbons (Fsp3) is 0.345. The fourth-order valence-electron chi connectivity index (χ4n) is 4.32. The normalized spacial score (nSPS) is 12.7.